The van der Waals surface area contributed by atoms with Crippen molar-refractivity contribution in [3.63, 3.8) is 0 Å². The van der Waals surface area contributed by atoms with Crippen LogP contribution in [0.1, 0.15) is 24.7 Å². The molecular formula is C14H12FN3O3. The van der Waals surface area contributed by atoms with Crippen molar-refractivity contribution in [1.82, 2.24) is 14.9 Å². The van der Waals surface area contributed by atoms with Crippen LogP contribution in [-0.2, 0) is 9.59 Å². The van der Waals surface area contributed by atoms with Crippen LogP contribution in [0.2, 0.25) is 0 Å². The third kappa shape index (κ3) is 2.10. The van der Waals surface area contributed by atoms with Crippen molar-refractivity contribution in [1.29, 1.82) is 0 Å². The van der Waals surface area contributed by atoms with E-state index in [1.165, 1.54) is 29.7 Å². The first-order chi connectivity index (χ1) is 9.99. The van der Waals surface area contributed by atoms with E-state index in [9.17, 15) is 18.8 Å². The summed E-state index contributed by atoms with van der Waals surface area (Å²) in [5, 5.41) is 2.32. The van der Waals surface area contributed by atoms with Gasteiger partial charge in [0.05, 0.1) is 5.39 Å². The van der Waals surface area contributed by atoms with Crippen LogP contribution in [0.15, 0.2) is 23.0 Å². The molecule has 0 radical (unpaired) electrons. The van der Waals surface area contributed by atoms with Crippen LogP contribution in [0.3, 0.4) is 0 Å². The minimum absolute atomic E-state index is 0.0106. The Bertz CT molecular complexity index is 828. The summed E-state index contributed by atoms with van der Waals surface area (Å²) < 4.78 is 14.9. The molecule has 21 heavy (non-hydrogen) atoms. The van der Waals surface area contributed by atoms with E-state index < -0.39 is 23.3 Å². The first-order valence-electron chi connectivity index (χ1n) is 6.50. The maximum Gasteiger partial charge on any atom is 0.262 e. The molecule has 0 bridgehead atoms. The fourth-order valence-electron chi connectivity index (χ4n) is 2.59. The average Bonchev–Trinajstić information content (AvgIpc) is 2.42. The van der Waals surface area contributed by atoms with Crippen LogP contribution in [-0.4, -0.2) is 21.4 Å². The van der Waals surface area contributed by atoms with Gasteiger partial charge >= 0.3 is 0 Å². The number of nitrogens with one attached hydrogen (secondary N) is 1. The number of aromatic nitrogens is 2. The molecule has 2 aromatic rings. The van der Waals surface area contributed by atoms with Crippen LogP contribution in [0.4, 0.5) is 4.39 Å². The molecule has 1 unspecified atom stereocenters. The number of fused-ring (bicyclic) bond motifs is 1. The zero-order chi connectivity index (χ0) is 15.1. The molecule has 1 aliphatic rings. The SMILES string of the molecule is Cc1nc2c(F)cccc2c(=O)n1C1CCC(=O)NC1=O. The summed E-state index contributed by atoms with van der Waals surface area (Å²) in [5.41, 5.74) is -0.491. The molecule has 1 saturated heterocycles. The van der Waals surface area contributed by atoms with Gasteiger partial charge in [-0.1, -0.05) is 6.07 Å². The number of nitrogens with zero attached hydrogens (tertiary/aromatic N) is 2. The number of halogens is 1. The number of hydrogen-bond acceptors (Lipinski definition) is 4. The smallest absolute Gasteiger partial charge is 0.262 e. The van der Waals surface area contributed by atoms with Crippen LogP contribution >= 0.6 is 0 Å². The molecule has 1 aliphatic heterocycles. The molecule has 7 heteroatoms. The highest BCUT2D eigenvalue weighted by Crippen LogP contribution is 2.20. The number of hydrogen-bond donors (Lipinski definition) is 1. The summed E-state index contributed by atoms with van der Waals surface area (Å²) in [7, 11) is 0. The number of para-hydroxylation sites is 1. The van der Waals surface area contributed by atoms with Gasteiger partial charge in [0.15, 0.2) is 0 Å². The molecule has 0 spiro atoms. The molecule has 1 N–H and O–H groups in total. The quantitative estimate of drug-likeness (QED) is 0.788. The van der Waals surface area contributed by atoms with Crippen molar-refractivity contribution in [3.8, 4) is 0 Å². The predicted octanol–water partition coefficient (Wildman–Crippen LogP) is 0.822. The topological polar surface area (TPSA) is 81.1 Å². The molecule has 0 saturated carbocycles. The highest BCUT2D eigenvalue weighted by molar-refractivity contribution is 5.99. The number of amides is 2. The maximum atomic E-state index is 13.7. The van der Waals surface area contributed by atoms with Crippen molar-refractivity contribution in [3.05, 3.63) is 40.2 Å². The lowest BCUT2D eigenvalue weighted by Gasteiger charge is -2.24. The molecule has 2 heterocycles. The molecule has 108 valence electrons. The summed E-state index contributed by atoms with van der Waals surface area (Å²) in [5.74, 6) is -1.23. The second-order valence-electron chi connectivity index (χ2n) is 4.94. The second-order valence-corrected chi connectivity index (χ2v) is 4.94. The molecule has 0 aliphatic carbocycles. The van der Waals surface area contributed by atoms with E-state index in [4.69, 9.17) is 0 Å². The van der Waals surface area contributed by atoms with Gasteiger partial charge in [0.1, 0.15) is 23.2 Å². The lowest BCUT2D eigenvalue weighted by molar-refractivity contribution is -0.135. The Balaban J connectivity index is 2.22. The molecule has 2 amide bonds. The lowest BCUT2D eigenvalue weighted by Crippen LogP contribution is -2.45. The summed E-state index contributed by atoms with van der Waals surface area (Å²) in [6.07, 6.45) is 0.386. The number of benzene rings is 1. The Hall–Kier alpha value is -2.57. The Morgan fingerprint density at radius 2 is 2.10 bits per heavy atom. The van der Waals surface area contributed by atoms with Gasteiger partial charge in [-0.3, -0.25) is 24.3 Å². The summed E-state index contributed by atoms with van der Waals surface area (Å²) in [4.78, 5) is 39.7. The van der Waals surface area contributed by atoms with Gasteiger partial charge in [0.25, 0.3) is 5.56 Å². The zero-order valence-corrected chi connectivity index (χ0v) is 11.2. The van der Waals surface area contributed by atoms with Crippen molar-refractivity contribution in [2.24, 2.45) is 0 Å². The van der Waals surface area contributed by atoms with E-state index in [1.54, 1.807) is 0 Å². The van der Waals surface area contributed by atoms with Crippen LogP contribution in [0.5, 0.6) is 0 Å². The number of carbonyl (C=O) groups is 2. The van der Waals surface area contributed by atoms with Gasteiger partial charge in [-0.2, -0.15) is 0 Å². The van der Waals surface area contributed by atoms with Crippen molar-refractivity contribution in [2.45, 2.75) is 25.8 Å². The number of rotatable bonds is 1. The average molecular weight is 289 g/mol. The third-order valence-corrected chi connectivity index (χ3v) is 3.58. The van der Waals surface area contributed by atoms with Gasteiger partial charge in [0.2, 0.25) is 11.8 Å². The molecular weight excluding hydrogens is 277 g/mol. The second kappa shape index (κ2) is 4.76. The minimum Gasteiger partial charge on any atom is -0.295 e. The van der Waals surface area contributed by atoms with E-state index >= 15 is 0 Å². The monoisotopic (exact) mass is 289 g/mol. The van der Waals surface area contributed by atoms with Crippen molar-refractivity contribution < 1.29 is 14.0 Å². The normalized spacial score (nSPS) is 18.9. The number of piperidine rings is 1. The highest BCUT2D eigenvalue weighted by Gasteiger charge is 2.30. The largest absolute Gasteiger partial charge is 0.295 e. The van der Waals surface area contributed by atoms with E-state index in [-0.39, 0.29) is 35.5 Å². The van der Waals surface area contributed by atoms with Crippen LogP contribution < -0.4 is 10.9 Å². The molecule has 3 rings (SSSR count). The standard InChI is InChI=1S/C14H12FN3O3/c1-7-16-12-8(3-2-4-9(12)15)14(21)18(7)10-5-6-11(19)17-13(10)20/h2-4,10H,5-6H2,1H3,(H,17,19,20). The van der Waals surface area contributed by atoms with Crippen molar-refractivity contribution in [2.75, 3.05) is 0 Å². The molecule has 6 nitrogen and oxygen atoms in total. The fraction of sp³-hybridized carbons (Fsp3) is 0.286. The van der Waals surface area contributed by atoms with Crippen LogP contribution in [0.25, 0.3) is 10.9 Å². The van der Waals surface area contributed by atoms with E-state index in [1.807, 2.05) is 0 Å². The molecule has 1 fully saturated rings. The van der Waals surface area contributed by atoms with Gasteiger partial charge in [-0.05, 0) is 25.5 Å². The lowest BCUT2D eigenvalue weighted by atomic mass is 10.1. The maximum absolute atomic E-state index is 13.7. The Kier molecular flexibility index (Phi) is 3.04. The Morgan fingerprint density at radius 3 is 2.81 bits per heavy atom. The fourth-order valence-corrected chi connectivity index (χ4v) is 2.59. The summed E-state index contributed by atoms with van der Waals surface area (Å²) in [6.45, 7) is 1.54. The molecule has 1 aromatic carbocycles. The predicted molar refractivity (Wildman–Crippen MR) is 72.1 cm³/mol. The minimum atomic E-state index is -0.796. The number of imide groups is 1. The van der Waals surface area contributed by atoms with Gasteiger partial charge in [0, 0.05) is 6.42 Å². The van der Waals surface area contributed by atoms with E-state index in [0.717, 1.165) is 0 Å². The van der Waals surface area contributed by atoms with Gasteiger partial charge in [-0.25, -0.2) is 9.37 Å². The van der Waals surface area contributed by atoms with E-state index in [2.05, 4.69) is 10.3 Å². The first-order valence-corrected chi connectivity index (χ1v) is 6.50. The Morgan fingerprint density at radius 1 is 1.33 bits per heavy atom. The van der Waals surface area contributed by atoms with Crippen molar-refractivity contribution >= 4 is 22.7 Å². The molecule has 1 atom stereocenters. The summed E-state index contributed by atoms with van der Waals surface area (Å²) >= 11 is 0. The van der Waals surface area contributed by atoms with E-state index in [0.29, 0.717) is 0 Å². The highest BCUT2D eigenvalue weighted by atomic mass is 19.1. The Labute approximate surface area is 118 Å². The third-order valence-electron chi connectivity index (χ3n) is 3.58. The van der Waals surface area contributed by atoms with Crippen LogP contribution in [0, 0.1) is 12.7 Å². The zero-order valence-electron chi connectivity index (χ0n) is 11.2. The molecule has 1 aromatic heterocycles. The van der Waals surface area contributed by atoms with Gasteiger partial charge < -0.3 is 0 Å². The summed E-state index contributed by atoms with van der Waals surface area (Å²) in [6, 6.07) is 3.32. The number of aryl methyl sites for hydroxylation is 1. The number of carbonyl (C=O) groups excluding carboxylic acids is 2. The first kappa shape index (κ1) is 13.4. The van der Waals surface area contributed by atoms with Gasteiger partial charge in [-0.15, -0.1) is 0 Å².